The summed E-state index contributed by atoms with van der Waals surface area (Å²) in [6, 6.07) is 1.38. The minimum absolute atomic E-state index is 0.0311. The van der Waals surface area contributed by atoms with Crippen molar-refractivity contribution in [3.05, 3.63) is 14.7 Å². The summed E-state index contributed by atoms with van der Waals surface area (Å²) in [5.74, 6) is -0.0311. The first-order valence-electron chi connectivity index (χ1n) is 5.95. The number of piperidine rings is 1. The molecular weight excluding hydrogens is 329 g/mol. The van der Waals surface area contributed by atoms with Gasteiger partial charge in [-0.2, -0.15) is 4.31 Å². The van der Waals surface area contributed by atoms with Crippen molar-refractivity contribution in [2.75, 3.05) is 13.1 Å². The van der Waals surface area contributed by atoms with E-state index in [0.29, 0.717) is 17.4 Å². The van der Waals surface area contributed by atoms with Crippen LogP contribution in [0.15, 0.2) is 11.0 Å². The van der Waals surface area contributed by atoms with Gasteiger partial charge in [-0.1, -0.05) is 23.2 Å². The van der Waals surface area contributed by atoms with Crippen LogP contribution in [0.4, 0.5) is 0 Å². The third-order valence-electron chi connectivity index (χ3n) is 3.35. The minimum atomic E-state index is -3.62. The fourth-order valence-electron chi connectivity index (χ4n) is 2.23. The van der Waals surface area contributed by atoms with Crippen LogP contribution in [0.5, 0.6) is 0 Å². The Kier molecular flexibility index (Phi) is 4.80. The first-order valence-corrected chi connectivity index (χ1v) is 8.96. The Balaban J connectivity index is 2.27. The zero-order chi connectivity index (χ0) is 14.2. The minimum Gasteiger partial charge on any atom is -0.393 e. The molecule has 0 saturated carbocycles. The first kappa shape index (κ1) is 15.5. The zero-order valence-electron chi connectivity index (χ0n) is 10.3. The van der Waals surface area contributed by atoms with Crippen LogP contribution >= 0.6 is 34.5 Å². The molecule has 0 spiro atoms. The average Bonchev–Trinajstić information content (AvgIpc) is 2.69. The lowest BCUT2D eigenvalue weighted by molar-refractivity contribution is 0.0885. The number of rotatable bonds is 3. The molecule has 0 radical (unpaired) electrons. The van der Waals surface area contributed by atoms with Crippen LogP contribution in [-0.4, -0.2) is 37.0 Å². The lowest BCUT2D eigenvalue weighted by Crippen LogP contribution is -2.42. The van der Waals surface area contributed by atoms with E-state index < -0.39 is 16.1 Å². The summed E-state index contributed by atoms with van der Waals surface area (Å²) >= 11 is 12.8. The highest BCUT2D eigenvalue weighted by Gasteiger charge is 2.34. The van der Waals surface area contributed by atoms with Crippen LogP contribution in [0.1, 0.15) is 19.8 Å². The van der Waals surface area contributed by atoms with E-state index in [4.69, 9.17) is 23.2 Å². The Morgan fingerprint density at radius 3 is 2.74 bits per heavy atom. The largest absolute Gasteiger partial charge is 0.393 e. The van der Waals surface area contributed by atoms with Crippen LogP contribution in [-0.2, 0) is 10.0 Å². The van der Waals surface area contributed by atoms with Gasteiger partial charge in [-0.15, -0.1) is 11.3 Å². The predicted octanol–water partition coefficient (Wildman–Crippen LogP) is 2.84. The maximum atomic E-state index is 12.5. The van der Waals surface area contributed by atoms with Crippen LogP contribution in [0.3, 0.4) is 0 Å². The van der Waals surface area contributed by atoms with Gasteiger partial charge in [-0.3, -0.25) is 0 Å². The van der Waals surface area contributed by atoms with E-state index >= 15 is 0 Å². The number of hydrogen-bond acceptors (Lipinski definition) is 4. The van der Waals surface area contributed by atoms with E-state index in [1.165, 1.54) is 10.4 Å². The normalized spacial score (nSPS) is 23.5. The second-order valence-corrected chi connectivity index (χ2v) is 8.89. The summed E-state index contributed by atoms with van der Waals surface area (Å²) in [6.07, 6.45) is 1.06. The standard InChI is InChI=1S/C11H15Cl2NO3S2/c1-7(15)8-3-2-4-14(6-8)19(16,17)9-5-10(12)18-11(9)13/h5,7-8,15H,2-4,6H2,1H3. The third-order valence-corrected chi connectivity index (χ3v) is 6.96. The SMILES string of the molecule is CC(O)C1CCCN(S(=O)(=O)c2cc(Cl)sc2Cl)C1. The third kappa shape index (κ3) is 3.25. The van der Waals surface area contributed by atoms with E-state index in [1.807, 2.05) is 0 Å². The summed E-state index contributed by atoms with van der Waals surface area (Å²) in [4.78, 5) is 0.0652. The fourth-order valence-corrected chi connectivity index (χ4v) is 5.87. The molecule has 2 rings (SSSR count). The number of halogens is 2. The number of aliphatic hydroxyl groups is 1. The van der Waals surface area contributed by atoms with Gasteiger partial charge in [-0.05, 0) is 31.7 Å². The number of sulfonamides is 1. The summed E-state index contributed by atoms with van der Waals surface area (Å²) in [7, 11) is -3.62. The van der Waals surface area contributed by atoms with Crippen molar-refractivity contribution in [2.24, 2.45) is 5.92 Å². The fraction of sp³-hybridized carbons (Fsp3) is 0.636. The molecule has 1 N–H and O–H groups in total. The van der Waals surface area contributed by atoms with Gasteiger partial charge >= 0.3 is 0 Å². The van der Waals surface area contributed by atoms with Gasteiger partial charge in [0.25, 0.3) is 0 Å². The van der Waals surface area contributed by atoms with Crippen molar-refractivity contribution < 1.29 is 13.5 Å². The van der Waals surface area contributed by atoms with E-state index in [0.717, 1.165) is 24.2 Å². The number of thiophene rings is 1. The molecule has 1 aliphatic heterocycles. The summed E-state index contributed by atoms with van der Waals surface area (Å²) in [6.45, 7) is 2.47. The van der Waals surface area contributed by atoms with Gasteiger partial charge < -0.3 is 5.11 Å². The maximum absolute atomic E-state index is 12.5. The highest BCUT2D eigenvalue weighted by atomic mass is 35.5. The van der Waals surface area contributed by atoms with Crippen molar-refractivity contribution in [3.63, 3.8) is 0 Å². The smallest absolute Gasteiger partial charge is 0.245 e. The lowest BCUT2D eigenvalue weighted by Gasteiger charge is -2.33. The van der Waals surface area contributed by atoms with Crippen molar-refractivity contribution in [1.82, 2.24) is 4.31 Å². The van der Waals surface area contributed by atoms with Crippen molar-refractivity contribution >= 4 is 44.6 Å². The molecule has 2 atom stereocenters. The van der Waals surface area contributed by atoms with Gasteiger partial charge in [0.05, 0.1) is 10.4 Å². The quantitative estimate of drug-likeness (QED) is 0.917. The monoisotopic (exact) mass is 343 g/mol. The van der Waals surface area contributed by atoms with Crippen molar-refractivity contribution in [3.8, 4) is 0 Å². The van der Waals surface area contributed by atoms with Crippen LogP contribution in [0.25, 0.3) is 0 Å². The molecule has 8 heteroatoms. The molecule has 0 amide bonds. The molecule has 1 saturated heterocycles. The molecule has 0 aliphatic carbocycles. The Bertz CT molecular complexity index is 556. The Hall–Kier alpha value is 0.150. The molecule has 108 valence electrons. The highest BCUT2D eigenvalue weighted by molar-refractivity contribution is 7.89. The van der Waals surface area contributed by atoms with Gasteiger partial charge in [-0.25, -0.2) is 8.42 Å². The van der Waals surface area contributed by atoms with Gasteiger partial charge in [0.15, 0.2) is 0 Å². The summed E-state index contributed by atoms with van der Waals surface area (Å²) in [5, 5.41) is 9.62. The van der Waals surface area contributed by atoms with Crippen LogP contribution in [0.2, 0.25) is 8.67 Å². The Morgan fingerprint density at radius 2 is 2.21 bits per heavy atom. The van der Waals surface area contributed by atoms with Gasteiger partial charge in [0.1, 0.15) is 9.23 Å². The van der Waals surface area contributed by atoms with Crippen molar-refractivity contribution in [1.29, 1.82) is 0 Å². The number of hydrogen-bond donors (Lipinski definition) is 1. The zero-order valence-corrected chi connectivity index (χ0v) is 13.5. The average molecular weight is 344 g/mol. The predicted molar refractivity (Wildman–Crippen MR) is 77.5 cm³/mol. The molecule has 19 heavy (non-hydrogen) atoms. The second kappa shape index (κ2) is 5.87. The Morgan fingerprint density at radius 1 is 1.53 bits per heavy atom. The van der Waals surface area contributed by atoms with E-state index in [2.05, 4.69) is 0 Å². The van der Waals surface area contributed by atoms with Gasteiger partial charge in [0, 0.05) is 13.1 Å². The lowest BCUT2D eigenvalue weighted by atomic mass is 9.95. The van der Waals surface area contributed by atoms with Crippen molar-refractivity contribution in [2.45, 2.75) is 30.8 Å². The Labute approximate surface area is 127 Å². The maximum Gasteiger partial charge on any atom is 0.245 e. The molecular formula is C11H15Cl2NO3S2. The van der Waals surface area contributed by atoms with E-state index in [1.54, 1.807) is 6.92 Å². The molecule has 0 aromatic carbocycles. The second-order valence-electron chi connectivity index (χ2n) is 4.69. The van der Waals surface area contributed by atoms with Gasteiger partial charge in [0.2, 0.25) is 10.0 Å². The van der Waals surface area contributed by atoms with E-state index in [9.17, 15) is 13.5 Å². The molecule has 2 unspecified atom stereocenters. The van der Waals surface area contributed by atoms with E-state index in [-0.39, 0.29) is 15.1 Å². The molecule has 1 aliphatic rings. The summed E-state index contributed by atoms with van der Waals surface area (Å²) < 4.78 is 26.9. The molecule has 2 heterocycles. The molecule has 4 nitrogen and oxygen atoms in total. The molecule has 1 fully saturated rings. The molecule has 1 aromatic rings. The van der Waals surface area contributed by atoms with Crippen LogP contribution < -0.4 is 0 Å². The summed E-state index contributed by atoms with van der Waals surface area (Å²) in [5.41, 5.74) is 0. The number of aliphatic hydroxyl groups excluding tert-OH is 1. The topological polar surface area (TPSA) is 57.6 Å². The van der Waals surface area contributed by atoms with Crippen LogP contribution in [0, 0.1) is 5.92 Å². The number of nitrogens with zero attached hydrogens (tertiary/aromatic N) is 1. The first-order chi connectivity index (χ1) is 8.82. The molecule has 0 bridgehead atoms. The highest BCUT2D eigenvalue weighted by Crippen LogP contribution is 2.37. The molecule has 1 aromatic heterocycles.